The summed E-state index contributed by atoms with van der Waals surface area (Å²) in [7, 11) is 1.67. The highest BCUT2D eigenvalue weighted by atomic mass is 16.5. The predicted molar refractivity (Wildman–Crippen MR) is 75.3 cm³/mol. The zero-order valence-electron chi connectivity index (χ0n) is 10.7. The zero-order valence-corrected chi connectivity index (χ0v) is 10.7. The Morgan fingerprint density at radius 1 is 1.11 bits per heavy atom. The number of nitrogens with one attached hydrogen (secondary N) is 1. The fourth-order valence-corrected chi connectivity index (χ4v) is 1.78. The monoisotopic (exact) mass is 242 g/mol. The maximum Gasteiger partial charge on any atom is 0.119 e. The van der Waals surface area contributed by atoms with Gasteiger partial charge in [0.1, 0.15) is 5.75 Å². The first-order chi connectivity index (χ1) is 8.72. The summed E-state index contributed by atoms with van der Waals surface area (Å²) in [4.78, 5) is 0. The molecule has 0 bridgehead atoms. The zero-order chi connectivity index (χ0) is 13.0. The Bertz CT molecular complexity index is 521. The Kier molecular flexibility index (Phi) is 3.85. The van der Waals surface area contributed by atoms with Crippen LogP contribution in [0.4, 0.5) is 11.4 Å². The summed E-state index contributed by atoms with van der Waals surface area (Å²) in [6.45, 7) is 2.63. The van der Waals surface area contributed by atoms with Crippen molar-refractivity contribution in [1.82, 2.24) is 0 Å². The lowest BCUT2D eigenvalue weighted by atomic mass is 10.1. The number of nitrogens with two attached hydrogens (primary N) is 1. The Morgan fingerprint density at radius 2 is 1.83 bits per heavy atom. The molecule has 0 atom stereocenters. The second-order valence-electron chi connectivity index (χ2n) is 4.21. The number of aryl methyl sites for hydroxylation is 1. The third-order valence-corrected chi connectivity index (χ3v) is 2.90. The SMILES string of the molecule is COc1ccc(Nc2ccc(CN)cc2)c(C)c1. The summed E-state index contributed by atoms with van der Waals surface area (Å²) in [5.41, 5.74) is 9.99. The standard InChI is InChI=1S/C15H18N2O/c1-11-9-14(18-2)7-8-15(11)17-13-5-3-12(10-16)4-6-13/h3-9,17H,10,16H2,1-2H3. The Balaban J connectivity index is 2.17. The van der Waals surface area contributed by atoms with Gasteiger partial charge in [0.15, 0.2) is 0 Å². The first kappa shape index (κ1) is 12.5. The average Bonchev–Trinajstić information content (AvgIpc) is 2.42. The van der Waals surface area contributed by atoms with Crippen molar-refractivity contribution in [3.8, 4) is 5.75 Å². The molecule has 2 rings (SSSR count). The molecule has 0 spiro atoms. The predicted octanol–water partition coefficient (Wildman–Crippen LogP) is 3.21. The molecule has 2 aromatic rings. The van der Waals surface area contributed by atoms with Crippen LogP contribution >= 0.6 is 0 Å². The highest BCUT2D eigenvalue weighted by molar-refractivity contribution is 5.64. The van der Waals surface area contributed by atoms with E-state index < -0.39 is 0 Å². The first-order valence-electron chi connectivity index (χ1n) is 5.93. The van der Waals surface area contributed by atoms with Crippen LogP contribution in [0.2, 0.25) is 0 Å². The third kappa shape index (κ3) is 2.81. The molecule has 0 heterocycles. The van der Waals surface area contributed by atoms with Crippen LogP contribution in [0.5, 0.6) is 5.75 Å². The molecule has 0 saturated carbocycles. The van der Waals surface area contributed by atoms with Crippen LogP contribution in [0.25, 0.3) is 0 Å². The topological polar surface area (TPSA) is 47.3 Å². The Hall–Kier alpha value is -2.00. The highest BCUT2D eigenvalue weighted by Crippen LogP contribution is 2.24. The minimum absolute atomic E-state index is 0.571. The molecule has 0 unspecified atom stereocenters. The van der Waals surface area contributed by atoms with Gasteiger partial charge in [-0.25, -0.2) is 0 Å². The Morgan fingerprint density at radius 3 is 2.39 bits per heavy atom. The van der Waals surface area contributed by atoms with Gasteiger partial charge in [-0.2, -0.15) is 0 Å². The molecule has 0 radical (unpaired) electrons. The third-order valence-electron chi connectivity index (χ3n) is 2.90. The van der Waals surface area contributed by atoms with Crippen molar-refractivity contribution in [1.29, 1.82) is 0 Å². The molecule has 3 nitrogen and oxygen atoms in total. The van der Waals surface area contributed by atoms with E-state index in [4.69, 9.17) is 10.5 Å². The smallest absolute Gasteiger partial charge is 0.119 e. The van der Waals surface area contributed by atoms with Gasteiger partial charge < -0.3 is 15.8 Å². The molecule has 0 fully saturated rings. The number of ether oxygens (including phenoxy) is 1. The van der Waals surface area contributed by atoms with Crippen molar-refractivity contribution in [3.63, 3.8) is 0 Å². The fourth-order valence-electron chi connectivity index (χ4n) is 1.78. The maximum absolute atomic E-state index is 5.57. The molecule has 0 amide bonds. The van der Waals surface area contributed by atoms with Gasteiger partial charge in [-0.3, -0.25) is 0 Å². The summed E-state index contributed by atoms with van der Waals surface area (Å²) >= 11 is 0. The summed E-state index contributed by atoms with van der Waals surface area (Å²) in [5, 5.41) is 3.38. The van der Waals surface area contributed by atoms with E-state index in [0.717, 1.165) is 28.3 Å². The van der Waals surface area contributed by atoms with E-state index in [9.17, 15) is 0 Å². The van der Waals surface area contributed by atoms with Gasteiger partial charge in [0.05, 0.1) is 7.11 Å². The number of benzene rings is 2. The normalized spacial score (nSPS) is 10.2. The molecule has 18 heavy (non-hydrogen) atoms. The van der Waals surface area contributed by atoms with Crippen LogP contribution in [0, 0.1) is 6.92 Å². The van der Waals surface area contributed by atoms with Gasteiger partial charge in [0.2, 0.25) is 0 Å². The summed E-state index contributed by atoms with van der Waals surface area (Å²) < 4.78 is 5.19. The summed E-state index contributed by atoms with van der Waals surface area (Å²) in [6, 6.07) is 14.1. The van der Waals surface area contributed by atoms with Crippen LogP contribution in [0.15, 0.2) is 42.5 Å². The summed E-state index contributed by atoms with van der Waals surface area (Å²) in [6.07, 6.45) is 0. The van der Waals surface area contributed by atoms with Gasteiger partial charge in [-0.15, -0.1) is 0 Å². The molecular weight excluding hydrogens is 224 g/mol. The molecular formula is C15H18N2O. The number of rotatable bonds is 4. The van der Waals surface area contributed by atoms with Crippen molar-refractivity contribution in [2.24, 2.45) is 5.73 Å². The number of hydrogen-bond acceptors (Lipinski definition) is 3. The lowest BCUT2D eigenvalue weighted by molar-refractivity contribution is 0.414. The van der Waals surface area contributed by atoms with Gasteiger partial charge in [0, 0.05) is 17.9 Å². The molecule has 0 aliphatic rings. The lowest BCUT2D eigenvalue weighted by Gasteiger charge is -2.11. The van der Waals surface area contributed by atoms with E-state index >= 15 is 0 Å². The van der Waals surface area contributed by atoms with Crippen LogP contribution < -0.4 is 15.8 Å². The molecule has 94 valence electrons. The van der Waals surface area contributed by atoms with Crippen LogP contribution in [-0.2, 0) is 6.54 Å². The van der Waals surface area contributed by atoms with E-state index in [2.05, 4.69) is 12.2 Å². The highest BCUT2D eigenvalue weighted by Gasteiger charge is 2.01. The molecule has 0 aromatic heterocycles. The second kappa shape index (κ2) is 5.56. The fraction of sp³-hybridized carbons (Fsp3) is 0.200. The molecule has 0 aliphatic heterocycles. The van der Waals surface area contributed by atoms with Crippen molar-refractivity contribution >= 4 is 11.4 Å². The average molecular weight is 242 g/mol. The van der Waals surface area contributed by atoms with E-state index in [0.29, 0.717) is 6.54 Å². The van der Waals surface area contributed by atoms with E-state index in [1.807, 2.05) is 42.5 Å². The van der Waals surface area contributed by atoms with Crippen molar-refractivity contribution < 1.29 is 4.74 Å². The van der Waals surface area contributed by atoms with Gasteiger partial charge in [0.25, 0.3) is 0 Å². The molecule has 3 N–H and O–H groups in total. The van der Waals surface area contributed by atoms with E-state index in [-0.39, 0.29) is 0 Å². The van der Waals surface area contributed by atoms with Crippen molar-refractivity contribution in [2.45, 2.75) is 13.5 Å². The van der Waals surface area contributed by atoms with Gasteiger partial charge in [-0.05, 0) is 48.4 Å². The quantitative estimate of drug-likeness (QED) is 0.865. The maximum atomic E-state index is 5.57. The lowest BCUT2D eigenvalue weighted by Crippen LogP contribution is -1.97. The van der Waals surface area contributed by atoms with Crippen molar-refractivity contribution in [2.75, 3.05) is 12.4 Å². The largest absolute Gasteiger partial charge is 0.497 e. The minimum Gasteiger partial charge on any atom is -0.497 e. The number of hydrogen-bond donors (Lipinski definition) is 2. The molecule has 0 aliphatic carbocycles. The second-order valence-corrected chi connectivity index (χ2v) is 4.21. The Labute approximate surface area is 108 Å². The van der Waals surface area contributed by atoms with E-state index in [1.54, 1.807) is 7.11 Å². The van der Waals surface area contributed by atoms with Crippen LogP contribution in [-0.4, -0.2) is 7.11 Å². The van der Waals surface area contributed by atoms with Crippen molar-refractivity contribution in [3.05, 3.63) is 53.6 Å². The first-order valence-corrected chi connectivity index (χ1v) is 5.93. The number of methoxy groups -OCH3 is 1. The molecule has 2 aromatic carbocycles. The number of anilines is 2. The van der Waals surface area contributed by atoms with Gasteiger partial charge >= 0.3 is 0 Å². The van der Waals surface area contributed by atoms with Crippen LogP contribution in [0.1, 0.15) is 11.1 Å². The van der Waals surface area contributed by atoms with E-state index in [1.165, 1.54) is 0 Å². The molecule has 3 heteroatoms. The molecule has 0 saturated heterocycles. The van der Waals surface area contributed by atoms with Crippen LogP contribution in [0.3, 0.4) is 0 Å². The minimum atomic E-state index is 0.571. The summed E-state index contributed by atoms with van der Waals surface area (Å²) in [5.74, 6) is 0.872. The van der Waals surface area contributed by atoms with Gasteiger partial charge in [-0.1, -0.05) is 12.1 Å².